The van der Waals surface area contributed by atoms with E-state index in [0.29, 0.717) is 16.6 Å². The second-order valence-corrected chi connectivity index (χ2v) is 4.97. The molecule has 106 valence electrons. The molecule has 1 aromatic heterocycles. The summed E-state index contributed by atoms with van der Waals surface area (Å²) in [6.07, 6.45) is 1.25. The minimum absolute atomic E-state index is 0.0807. The maximum atomic E-state index is 11.2. The molecule has 0 saturated heterocycles. The van der Waals surface area contributed by atoms with E-state index in [0.717, 1.165) is 0 Å². The van der Waals surface area contributed by atoms with Gasteiger partial charge in [-0.1, -0.05) is 32.0 Å². The molecule has 0 aliphatic rings. The van der Waals surface area contributed by atoms with Crippen LogP contribution in [0.2, 0.25) is 0 Å². The number of nitrogens with one attached hydrogen (secondary N) is 1. The minimum Gasteiger partial charge on any atom is -0.394 e. The molecule has 1 heterocycles. The van der Waals surface area contributed by atoms with Gasteiger partial charge in [0.2, 0.25) is 0 Å². The smallest absolute Gasteiger partial charge is 0.311 e. The Labute approximate surface area is 116 Å². The molecule has 0 bridgehead atoms. The van der Waals surface area contributed by atoms with Crippen molar-refractivity contribution in [2.45, 2.75) is 19.9 Å². The lowest BCUT2D eigenvalue weighted by Crippen LogP contribution is -2.29. The molecule has 0 amide bonds. The monoisotopic (exact) mass is 275 g/mol. The van der Waals surface area contributed by atoms with Crippen LogP contribution in [0.3, 0.4) is 0 Å². The van der Waals surface area contributed by atoms with Crippen LogP contribution >= 0.6 is 0 Å². The topological polar surface area (TPSA) is 88.3 Å². The molecule has 2 rings (SSSR count). The summed E-state index contributed by atoms with van der Waals surface area (Å²) < 4.78 is 0. The van der Waals surface area contributed by atoms with Gasteiger partial charge in [0.25, 0.3) is 0 Å². The number of aliphatic hydroxyl groups excluding tert-OH is 1. The molecule has 1 aromatic carbocycles. The lowest BCUT2D eigenvalue weighted by atomic mass is 10.0. The molecule has 1 unspecified atom stereocenters. The number of para-hydroxylation sites is 1. The third kappa shape index (κ3) is 2.70. The van der Waals surface area contributed by atoms with E-state index in [9.17, 15) is 15.2 Å². The molecule has 2 aromatic rings. The fourth-order valence-electron chi connectivity index (χ4n) is 2.03. The summed E-state index contributed by atoms with van der Waals surface area (Å²) in [6.45, 7) is 3.80. The van der Waals surface area contributed by atoms with Crippen LogP contribution in [-0.4, -0.2) is 27.7 Å². The number of hydrogen-bond acceptors (Lipinski definition) is 5. The number of fused-ring (bicyclic) bond motifs is 1. The third-order valence-corrected chi connectivity index (χ3v) is 3.28. The van der Waals surface area contributed by atoms with Crippen molar-refractivity contribution in [3.63, 3.8) is 0 Å². The third-order valence-electron chi connectivity index (χ3n) is 3.28. The number of hydrogen-bond donors (Lipinski definition) is 2. The van der Waals surface area contributed by atoms with Crippen LogP contribution in [0.5, 0.6) is 0 Å². The summed E-state index contributed by atoms with van der Waals surface area (Å²) in [7, 11) is 0. The molecule has 0 spiro atoms. The van der Waals surface area contributed by atoms with Crippen molar-refractivity contribution in [3.05, 3.63) is 40.6 Å². The van der Waals surface area contributed by atoms with Gasteiger partial charge in [-0.15, -0.1) is 0 Å². The van der Waals surface area contributed by atoms with Gasteiger partial charge in [0, 0.05) is 5.39 Å². The van der Waals surface area contributed by atoms with E-state index in [1.165, 1.54) is 6.20 Å². The van der Waals surface area contributed by atoms with Crippen molar-refractivity contribution >= 4 is 22.3 Å². The van der Waals surface area contributed by atoms with Crippen molar-refractivity contribution in [2.24, 2.45) is 5.92 Å². The molecule has 6 heteroatoms. The van der Waals surface area contributed by atoms with Crippen molar-refractivity contribution in [1.29, 1.82) is 0 Å². The Bertz CT molecular complexity index is 628. The number of pyridine rings is 1. The van der Waals surface area contributed by atoms with Crippen molar-refractivity contribution < 1.29 is 10.0 Å². The minimum atomic E-state index is -0.462. The van der Waals surface area contributed by atoms with Crippen LogP contribution in [0, 0.1) is 16.0 Å². The summed E-state index contributed by atoms with van der Waals surface area (Å²) in [5.41, 5.74) is 1.01. The van der Waals surface area contributed by atoms with Gasteiger partial charge in [0.05, 0.1) is 23.1 Å². The maximum absolute atomic E-state index is 11.2. The standard InChI is InChI=1S/C14H17N3O3/c1-9(2)12(8-18)16-14-10-5-3-4-6-11(10)15-7-13(14)17(19)20/h3-7,9,12,18H,8H2,1-2H3,(H,15,16). The predicted octanol–water partition coefficient (Wildman–Crippen LogP) is 2.57. The highest BCUT2D eigenvalue weighted by atomic mass is 16.6. The molecule has 0 saturated carbocycles. The predicted molar refractivity (Wildman–Crippen MR) is 77.7 cm³/mol. The number of aromatic nitrogens is 1. The molecule has 0 aliphatic heterocycles. The molecule has 0 aliphatic carbocycles. The first kappa shape index (κ1) is 14.2. The van der Waals surface area contributed by atoms with Crippen LogP contribution in [0.25, 0.3) is 10.9 Å². The number of aliphatic hydroxyl groups is 1. The highest BCUT2D eigenvalue weighted by molar-refractivity contribution is 5.95. The van der Waals surface area contributed by atoms with E-state index in [1.807, 2.05) is 26.0 Å². The Hall–Kier alpha value is -2.21. The Kier molecular flexibility index (Phi) is 4.14. The van der Waals surface area contributed by atoms with Gasteiger partial charge in [-0.05, 0) is 12.0 Å². The second kappa shape index (κ2) is 5.83. The van der Waals surface area contributed by atoms with Gasteiger partial charge in [-0.3, -0.25) is 10.1 Å². The summed E-state index contributed by atoms with van der Waals surface area (Å²) in [5, 5.41) is 24.4. The van der Waals surface area contributed by atoms with Crippen LogP contribution in [0.1, 0.15) is 13.8 Å². The van der Waals surface area contributed by atoms with Crippen LogP contribution in [0.4, 0.5) is 11.4 Å². The second-order valence-electron chi connectivity index (χ2n) is 4.97. The van der Waals surface area contributed by atoms with Crippen LogP contribution in [-0.2, 0) is 0 Å². The molecule has 20 heavy (non-hydrogen) atoms. The maximum Gasteiger partial charge on any atom is 0.311 e. The molecule has 0 fully saturated rings. The zero-order valence-electron chi connectivity index (χ0n) is 11.4. The first-order valence-electron chi connectivity index (χ1n) is 6.44. The van der Waals surface area contributed by atoms with Gasteiger partial charge < -0.3 is 10.4 Å². The van der Waals surface area contributed by atoms with Gasteiger partial charge in [-0.2, -0.15) is 0 Å². The molecule has 0 radical (unpaired) electrons. The highest BCUT2D eigenvalue weighted by Gasteiger charge is 2.21. The number of nitro groups is 1. The number of nitrogens with zero attached hydrogens (tertiary/aromatic N) is 2. The Morgan fingerprint density at radius 2 is 2.10 bits per heavy atom. The number of benzene rings is 1. The van der Waals surface area contributed by atoms with Crippen molar-refractivity contribution in [3.8, 4) is 0 Å². The van der Waals surface area contributed by atoms with E-state index < -0.39 is 4.92 Å². The van der Waals surface area contributed by atoms with Crippen LogP contribution < -0.4 is 5.32 Å². The highest BCUT2D eigenvalue weighted by Crippen LogP contribution is 2.32. The zero-order valence-corrected chi connectivity index (χ0v) is 11.4. The summed E-state index contributed by atoms with van der Waals surface area (Å²) in [6, 6.07) is 6.97. The Morgan fingerprint density at radius 3 is 2.70 bits per heavy atom. The van der Waals surface area contributed by atoms with Gasteiger partial charge in [-0.25, -0.2) is 4.98 Å². The zero-order chi connectivity index (χ0) is 14.7. The molecular formula is C14H17N3O3. The lowest BCUT2D eigenvalue weighted by molar-refractivity contribution is -0.384. The largest absolute Gasteiger partial charge is 0.394 e. The SMILES string of the molecule is CC(C)C(CO)Nc1c([N+](=O)[O-])cnc2ccccc12. The van der Waals surface area contributed by atoms with E-state index in [4.69, 9.17) is 0 Å². The van der Waals surface area contributed by atoms with Gasteiger partial charge in [0.15, 0.2) is 0 Å². The summed E-state index contributed by atoms with van der Waals surface area (Å²) in [5.74, 6) is 0.145. The molecule has 6 nitrogen and oxygen atoms in total. The van der Waals surface area contributed by atoms with E-state index in [-0.39, 0.29) is 24.3 Å². The average Bonchev–Trinajstić information content (AvgIpc) is 2.43. The molecule has 1 atom stereocenters. The Morgan fingerprint density at radius 1 is 1.40 bits per heavy atom. The van der Waals surface area contributed by atoms with Crippen molar-refractivity contribution in [2.75, 3.05) is 11.9 Å². The van der Waals surface area contributed by atoms with Crippen LogP contribution in [0.15, 0.2) is 30.5 Å². The van der Waals surface area contributed by atoms with Gasteiger partial charge in [0.1, 0.15) is 11.9 Å². The quantitative estimate of drug-likeness (QED) is 0.646. The summed E-state index contributed by atoms with van der Waals surface area (Å²) in [4.78, 5) is 14.8. The number of rotatable bonds is 5. The van der Waals surface area contributed by atoms with E-state index in [2.05, 4.69) is 10.3 Å². The molecule has 2 N–H and O–H groups in total. The fourth-order valence-corrected chi connectivity index (χ4v) is 2.03. The average molecular weight is 275 g/mol. The normalized spacial score (nSPS) is 12.6. The number of anilines is 1. The molecular weight excluding hydrogens is 258 g/mol. The first-order valence-corrected chi connectivity index (χ1v) is 6.44. The van der Waals surface area contributed by atoms with E-state index >= 15 is 0 Å². The van der Waals surface area contributed by atoms with Crippen molar-refractivity contribution in [1.82, 2.24) is 4.98 Å². The lowest BCUT2D eigenvalue weighted by Gasteiger charge is -2.21. The van der Waals surface area contributed by atoms with Gasteiger partial charge >= 0.3 is 5.69 Å². The first-order chi connectivity index (χ1) is 9.54. The fraction of sp³-hybridized carbons (Fsp3) is 0.357. The van der Waals surface area contributed by atoms with E-state index in [1.54, 1.807) is 12.1 Å². The summed E-state index contributed by atoms with van der Waals surface area (Å²) >= 11 is 0. The Balaban J connectivity index is 2.57.